The molecule has 0 aromatic heterocycles. The fourth-order valence-corrected chi connectivity index (χ4v) is 1.49. The number of carboxylic acids is 2. The molecule has 0 unspecified atom stereocenters. The molecule has 7 nitrogen and oxygen atoms in total. The van der Waals surface area contributed by atoms with Crippen LogP contribution in [0.2, 0.25) is 0 Å². The molecule has 0 heterocycles. The molecule has 27 heavy (non-hydrogen) atoms. The maximum absolute atomic E-state index is 11.8. The molecule has 1 radical (unpaired) electrons. The zero-order valence-electron chi connectivity index (χ0n) is 14.8. The molecule has 0 aliphatic carbocycles. The number of carbonyl (C=O) groups excluding carboxylic acids is 4. The van der Waals surface area contributed by atoms with Crippen LogP contribution in [0.3, 0.4) is 0 Å². The van der Waals surface area contributed by atoms with Gasteiger partial charge >= 0.3 is 40.8 Å². The van der Waals surface area contributed by atoms with Gasteiger partial charge in [-0.2, -0.15) is 0 Å². The summed E-state index contributed by atoms with van der Waals surface area (Å²) in [5.74, 6) is -2.70. The summed E-state index contributed by atoms with van der Waals surface area (Å²) in [6.45, 7) is 1.94. The number of aliphatic carboxylic acids is 2. The standard InChI is InChI=1S/C15H11O2.2C2H4O2.Nd.H2O/c16-14(12-7-3-1-4-8-12)11-15(17)13-9-5-2-6-10-13;2*1-2(3)4;;/h1-11H;2*1H3,(H,3,4);;1H2/q-1;;;+3;/p-2. The Bertz CT molecular complexity index is 631. The van der Waals surface area contributed by atoms with Crippen molar-refractivity contribution in [1.82, 2.24) is 0 Å². The maximum Gasteiger partial charge on any atom is 3.00 e. The van der Waals surface area contributed by atoms with E-state index in [0.29, 0.717) is 11.1 Å². The molecular formula is C19H19NdO7. The monoisotopic (exact) mass is 501 g/mol. The fraction of sp³-hybridized carbons (Fsp3) is 0.105. The van der Waals surface area contributed by atoms with E-state index in [-0.39, 0.29) is 57.9 Å². The second kappa shape index (κ2) is 17.3. The van der Waals surface area contributed by atoms with Crippen LogP contribution in [0.1, 0.15) is 34.6 Å². The van der Waals surface area contributed by atoms with Gasteiger partial charge in [-0.05, 0) is 13.8 Å². The summed E-state index contributed by atoms with van der Waals surface area (Å²) in [7, 11) is 0. The topological polar surface area (TPSA) is 146 Å². The third kappa shape index (κ3) is 17.1. The number of Topliss-reactive ketones (excluding diaryl/α,β-unsaturated/α-hetero) is 2. The van der Waals surface area contributed by atoms with E-state index in [1.54, 1.807) is 48.5 Å². The van der Waals surface area contributed by atoms with Gasteiger partial charge in [0.05, 0.1) is 11.6 Å². The average Bonchev–Trinajstić information content (AvgIpc) is 2.55. The third-order valence-electron chi connectivity index (χ3n) is 2.38. The SMILES string of the molecule is CC(=O)[O-].CC(=O)[O-].O.O=C([CH-]C(=O)c1ccccc1)c1ccccc1.[Nd+3]. The van der Waals surface area contributed by atoms with Gasteiger partial charge in [0.2, 0.25) is 0 Å². The van der Waals surface area contributed by atoms with Gasteiger partial charge in [-0.1, -0.05) is 53.9 Å². The Morgan fingerprint density at radius 2 is 0.889 bits per heavy atom. The van der Waals surface area contributed by atoms with Gasteiger partial charge in [0.15, 0.2) is 0 Å². The molecule has 0 amide bonds. The van der Waals surface area contributed by atoms with Crippen LogP contribution < -0.4 is 10.2 Å². The molecule has 0 atom stereocenters. The number of hydrogen-bond donors (Lipinski definition) is 0. The summed E-state index contributed by atoms with van der Waals surface area (Å²) in [5.41, 5.74) is 1.05. The number of hydrogen-bond acceptors (Lipinski definition) is 6. The van der Waals surface area contributed by atoms with Crippen LogP contribution in [0.25, 0.3) is 0 Å². The minimum Gasteiger partial charge on any atom is -0.550 e. The van der Waals surface area contributed by atoms with Gasteiger partial charge in [0.1, 0.15) is 0 Å². The van der Waals surface area contributed by atoms with Crippen molar-refractivity contribution in [2.24, 2.45) is 0 Å². The first kappa shape index (κ1) is 29.7. The number of rotatable bonds is 4. The van der Waals surface area contributed by atoms with Gasteiger partial charge in [-0.3, -0.25) is 0 Å². The molecule has 2 aromatic rings. The smallest absolute Gasteiger partial charge is 0.550 e. The molecule has 0 saturated carbocycles. The summed E-state index contributed by atoms with van der Waals surface area (Å²) in [6, 6.07) is 17.5. The average molecular weight is 504 g/mol. The van der Waals surface area contributed by atoms with Crippen molar-refractivity contribution in [1.29, 1.82) is 0 Å². The van der Waals surface area contributed by atoms with Crippen molar-refractivity contribution in [3.05, 3.63) is 78.2 Å². The van der Waals surface area contributed by atoms with Crippen molar-refractivity contribution in [3.8, 4) is 0 Å². The Hall–Kier alpha value is -2.10. The minimum atomic E-state index is -1.08. The van der Waals surface area contributed by atoms with Crippen LogP contribution in [0, 0.1) is 47.3 Å². The molecule has 0 saturated heterocycles. The Balaban J connectivity index is -0.000000495. The van der Waals surface area contributed by atoms with Gasteiger partial charge in [0.25, 0.3) is 0 Å². The second-order valence-corrected chi connectivity index (χ2v) is 4.59. The second-order valence-electron chi connectivity index (χ2n) is 4.59. The molecule has 141 valence electrons. The van der Waals surface area contributed by atoms with Crippen LogP contribution >= 0.6 is 0 Å². The quantitative estimate of drug-likeness (QED) is 0.316. The van der Waals surface area contributed by atoms with Crippen molar-refractivity contribution in [2.45, 2.75) is 13.8 Å². The molecule has 2 N–H and O–H groups in total. The number of benzene rings is 2. The predicted octanol–water partition coefficient (Wildman–Crippen LogP) is -0.356. The molecule has 2 rings (SSSR count). The van der Waals surface area contributed by atoms with E-state index < -0.39 is 11.9 Å². The molecule has 2 aromatic carbocycles. The van der Waals surface area contributed by atoms with E-state index in [4.69, 9.17) is 19.8 Å². The van der Waals surface area contributed by atoms with E-state index in [9.17, 15) is 9.59 Å². The summed E-state index contributed by atoms with van der Waals surface area (Å²) in [5, 5.41) is 17.8. The van der Waals surface area contributed by atoms with Crippen molar-refractivity contribution < 1.29 is 75.7 Å². The summed E-state index contributed by atoms with van der Waals surface area (Å²) in [4.78, 5) is 41.3. The number of ketones is 2. The van der Waals surface area contributed by atoms with Crippen LogP contribution in [-0.2, 0) is 9.59 Å². The maximum atomic E-state index is 11.8. The summed E-state index contributed by atoms with van der Waals surface area (Å²) in [6.07, 6.45) is 1.13. The zero-order valence-corrected chi connectivity index (χ0v) is 18.0. The van der Waals surface area contributed by atoms with E-state index in [1.807, 2.05) is 12.1 Å². The van der Waals surface area contributed by atoms with Crippen molar-refractivity contribution >= 4 is 23.5 Å². The van der Waals surface area contributed by atoms with E-state index in [1.165, 1.54) is 0 Å². The van der Waals surface area contributed by atoms with Gasteiger partial charge < -0.3 is 34.9 Å². The summed E-state index contributed by atoms with van der Waals surface area (Å²) >= 11 is 0. The zero-order chi connectivity index (χ0) is 19.2. The molecule has 8 heteroatoms. The van der Waals surface area contributed by atoms with Crippen molar-refractivity contribution in [3.63, 3.8) is 0 Å². The van der Waals surface area contributed by atoms with Crippen LogP contribution in [0.4, 0.5) is 0 Å². The minimum absolute atomic E-state index is 0. The first-order valence-corrected chi connectivity index (χ1v) is 7.12. The normalized spacial score (nSPS) is 7.93. The predicted molar refractivity (Wildman–Crippen MR) is 90.8 cm³/mol. The third-order valence-corrected chi connectivity index (χ3v) is 2.38. The van der Waals surface area contributed by atoms with E-state index >= 15 is 0 Å². The molecule has 0 bridgehead atoms. The first-order chi connectivity index (χ1) is 11.7. The Morgan fingerprint density at radius 3 is 1.11 bits per heavy atom. The molecular weight excluding hydrogens is 484 g/mol. The Labute approximate surface area is 190 Å². The van der Waals surface area contributed by atoms with Crippen molar-refractivity contribution in [2.75, 3.05) is 0 Å². The largest absolute Gasteiger partial charge is 3.00 e. The number of carbonyl (C=O) groups is 4. The van der Waals surface area contributed by atoms with Crippen LogP contribution in [0.15, 0.2) is 60.7 Å². The Morgan fingerprint density at radius 1 is 0.667 bits per heavy atom. The summed E-state index contributed by atoms with van der Waals surface area (Å²) < 4.78 is 0. The van der Waals surface area contributed by atoms with Gasteiger partial charge in [-0.25, -0.2) is 0 Å². The Kier molecular flexibility index (Phi) is 19.0. The van der Waals surface area contributed by atoms with E-state index in [0.717, 1.165) is 20.3 Å². The molecule has 0 aliphatic heterocycles. The number of carboxylic acid groups (broad SMARTS) is 2. The van der Waals surface area contributed by atoms with E-state index in [2.05, 4.69) is 0 Å². The van der Waals surface area contributed by atoms with Gasteiger partial charge in [0, 0.05) is 11.9 Å². The first-order valence-electron chi connectivity index (χ1n) is 7.12. The fourth-order valence-electron chi connectivity index (χ4n) is 1.49. The van der Waals surface area contributed by atoms with Crippen LogP contribution in [0.5, 0.6) is 0 Å². The molecule has 0 aliphatic rings. The van der Waals surface area contributed by atoms with Gasteiger partial charge in [-0.15, -0.1) is 24.3 Å². The molecule has 0 fully saturated rings. The molecule has 0 spiro atoms. The van der Waals surface area contributed by atoms with Crippen LogP contribution in [-0.4, -0.2) is 29.0 Å².